The molecule has 0 bridgehead atoms. The van der Waals surface area contributed by atoms with Gasteiger partial charge in [0.05, 0.1) is 0 Å². The van der Waals surface area contributed by atoms with Gasteiger partial charge in [-0.3, -0.25) is 0 Å². The Balaban J connectivity index is 1.65. The van der Waals surface area contributed by atoms with Crippen LogP contribution in [0.25, 0.3) is 0 Å². The third kappa shape index (κ3) is 6.19. The lowest BCUT2D eigenvalue weighted by atomic mass is 10.1. The van der Waals surface area contributed by atoms with E-state index in [0.29, 0.717) is 6.54 Å². The smallest absolute Gasteiger partial charge is 0.194 e. The molecule has 0 aliphatic carbocycles. The van der Waals surface area contributed by atoms with Crippen molar-refractivity contribution in [2.24, 2.45) is 12.0 Å². The molecule has 2 aromatic rings. The molecule has 0 radical (unpaired) electrons. The second-order valence-corrected chi connectivity index (χ2v) is 8.10. The molecule has 170 valence electrons. The van der Waals surface area contributed by atoms with E-state index in [-0.39, 0.29) is 0 Å². The van der Waals surface area contributed by atoms with Crippen molar-refractivity contribution in [3.05, 3.63) is 41.0 Å². The molecule has 31 heavy (non-hydrogen) atoms. The molecule has 0 amide bonds. The highest BCUT2D eigenvalue weighted by atomic mass is 16.5. The van der Waals surface area contributed by atoms with Crippen LogP contribution in [-0.4, -0.2) is 71.6 Å². The van der Waals surface area contributed by atoms with E-state index in [9.17, 15) is 0 Å². The first-order chi connectivity index (χ1) is 15.0. The van der Waals surface area contributed by atoms with Crippen molar-refractivity contribution in [1.82, 2.24) is 25.0 Å². The topological polar surface area (TPSA) is 70.8 Å². The number of piperazine rings is 1. The second kappa shape index (κ2) is 11.1. The molecular formula is C23H37N7O. The van der Waals surface area contributed by atoms with Gasteiger partial charge in [-0.05, 0) is 51.3 Å². The lowest BCUT2D eigenvalue weighted by molar-refractivity contribution is 0.145. The highest BCUT2D eigenvalue weighted by molar-refractivity contribution is 5.80. The van der Waals surface area contributed by atoms with Gasteiger partial charge in [0.1, 0.15) is 12.4 Å². The van der Waals surface area contributed by atoms with Crippen molar-refractivity contribution >= 4 is 11.6 Å². The number of benzene rings is 1. The Morgan fingerprint density at radius 1 is 1.13 bits per heavy atom. The van der Waals surface area contributed by atoms with Gasteiger partial charge in [0, 0.05) is 58.7 Å². The number of aryl methyl sites for hydroxylation is 3. The number of hydrogen-bond donors (Lipinski definition) is 1. The van der Waals surface area contributed by atoms with Crippen LogP contribution >= 0.6 is 0 Å². The first kappa shape index (κ1) is 23.1. The van der Waals surface area contributed by atoms with Gasteiger partial charge >= 0.3 is 0 Å². The molecule has 1 aromatic carbocycles. The van der Waals surface area contributed by atoms with E-state index in [1.807, 2.05) is 25.5 Å². The Labute approximate surface area is 186 Å². The number of hydrogen-bond acceptors (Lipinski definition) is 5. The van der Waals surface area contributed by atoms with Gasteiger partial charge in [0.15, 0.2) is 11.8 Å². The summed E-state index contributed by atoms with van der Waals surface area (Å²) in [6.45, 7) is 15.0. The number of rotatable bonds is 8. The first-order valence-electron chi connectivity index (χ1n) is 11.3. The van der Waals surface area contributed by atoms with E-state index < -0.39 is 0 Å². The summed E-state index contributed by atoms with van der Waals surface area (Å²) in [4.78, 5) is 9.72. The fraction of sp³-hybridized carbons (Fsp3) is 0.609. The van der Waals surface area contributed by atoms with Gasteiger partial charge < -0.3 is 24.4 Å². The fourth-order valence-corrected chi connectivity index (χ4v) is 3.74. The fourth-order valence-electron chi connectivity index (χ4n) is 3.74. The minimum absolute atomic E-state index is 0.516. The van der Waals surface area contributed by atoms with Crippen LogP contribution in [0.2, 0.25) is 0 Å². The summed E-state index contributed by atoms with van der Waals surface area (Å²) in [6, 6.07) is 6.69. The van der Waals surface area contributed by atoms with E-state index in [2.05, 4.69) is 57.4 Å². The molecule has 1 N–H and O–H groups in total. The van der Waals surface area contributed by atoms with Gasteiger partial charge in [-0.25, -0.2) is 4.99 Å². The summed E-state index contributed by atoms with van der Waals surface area (Å²) in [5, 5.41) is 11.9. The van der Waals surface area contributed by atoms with Crippen LogP contribution < -0.4 is 10.2 Å². The minimum atomic E-state index is 0.516. The Morgan fingerprint density at radius 2 is 1.90 bits per heavy atom. The molecule has 8 nitrogen and oxygen atoms in total. The van der Waals surface area contributed by atoms with Crippen LogP contribution in [0.1, 0.15) is 36.1 Å². The highest BCUT2D eigenvalue weighted by Crippen LogP contribution is 2.22. The molecular weight excluding hydrogens is 390 g/mol. The maximum absolute atomic E-state index is 5.47. The summed E-state index contributed by atoms with van der Waals surface area (Å²) < 4.78 is 7.47. The number of anilines is 1. The zero-order valence-electron chi connectivity index (χ0n) is 19.7. The zero-order valence-corrected chi connectivity index (χ0v) is 19.7. The van der Waals surface area contributed by atoms with Gasteiger partial charge in [-0.2, -0.15) is 0 Å². The number of guanidine groups is 1. The van der Waals surface area contributed by atoms with Crippen LogP contribution in [0.4, 0.5) is 5.69 Å². The van der Waals surface area contributed by atoms with Crippen LogP contribution in [0.15, 0.2) is 23.2 Å². The van der Waals surface area contributed by atoms with Gasteiger partial charge in [-0.15, -0.1) is 10.2 Å². The number of nitrogens with one attached hydrogen (secondary N) is 1. The van der Waals surface area contributed by atoms with Crippen LogP contribution in [0.3, 0.4) is 0 Å². The Hall–Kier alpha value is -2.61. The van der Waals surface area contributed by atoms with Crippen molar-refractivity contribution < 1.29 is 4.74 Å². The third-order valence-corrected chi connectivity index (χ3v) is 5.79. The molecule has 0 saturated carbocycles. The predicted octanol–water partition coefficient (Wildman–Crippen LogP) is 2.43. The van der Waals surface area contributed by atoms with Gasteiger partial charge in [0.2, 0.25) is 0 Å². The number of ether oxygens (including phenoxy) is 1. The molecule has 0 spiro atoms. The standard InChI is InChI=1S/C23H37N7O/c1-6-31-15-7-10-24-23(25-17-22-27-26-20(4)28(22)5)30-13-11-29(12-14-30)21-16-18(2)8-9-19(21)3/h8-9,16H,6-7,10-15,17H2,1-5H3,(H,24,25). The minimum Gasteiger partial charge on any atom is -0.382 e. The van der Waals surface area contributed by atoms with Crippen LogP contribution in [-0.2, 0) is 18.3 Å². The van der Waals surface area contributed by atoms with Crippen molar-refractivity contribution in [1.29, 1.82) is 0 Å². The normalized spacial score (nSPS) is 14.9. The van der Waals surface area contributed by atoms with Crippen molar-refractivity contribution in [3.63, 3.8) is 0 Å². The lowest BCUT2D eigenvalue weighted by Crippen LogP contribution is -2.53. The SMILES string of the molecule is CCOCCCNC(=NCc1nnc(C)n1C)N1CCN(c2cc(C)ccc2C)CC1. The van der Waals surface area contributed by atoms with E-state index >= 15 is 0 Å². The molecule has 1 aliphatic rings. The molecule has 0 unspecified atom stereocenters. The predicted molar refractivity (Wildman–Crippen MR) is 126 cm³/mol. The van der Waals surface area contributed by atoms with Crippen LogP contribution in [0, 0.1) is 20.8 Å². The summed E-state index contributed by atoms with van der Waals surface area (Å²) in [5.74, 6) is 2.72. The third-order valence-electron chi connectivity index (χ3n) is 5.79. The monoisotopic (exact) mass is 427 g/mol. The second-order valence-electron chi connectivity index (χ2n) is 8.10. The van der Waals surface area contributed by atoms with Crippen molar-refractivity contribution in [2.45, 2.75) is 40.7 Å². The Bertz CT molecular complexity index is 869. The molecule has 1 aliphatic heterocycles. The Kier molecular flexibility index (Phi) is 8.28. The first-order valence-corrected chi connectivity index (χ1v) is 11.3. The molecule has 1 fully saturated rings. The maximum Gasteiger partial charge on any atom is 0.194 e. The van der Waals surface area contributed by atoms with Gasteiger partial charge in [-0.1, -0.05) is 12.1 Å². The number of nitrogens with zero attached hydrogens (tertiary/aromatic N) is 6. The number of aliphatic imine (C=N–C) groups is 1. The van der Waals surface area contributed by atoms with Crippen molar-refractivity contribution in [3.8, 4) is 0 Å². The Morgan fingerprint density at radius 3 is 2.58 bits per heavy atom. The van der Waals surface area contributed by atoms with Crippen LogP contribution in [0.5, 0.6) is 0 Å². The molecule has 0 atom stereocenters. The molecule has 3 rings (SSSR count). The molecule has 8 heteroatoms. The van der Waals surface area contributed by atoms with E-state index in [4.69, 9.17) is 9.73 Å². The molecule has 1 aromatic heterocycles. The average Bonchev–Trinajstić information content (AvgIpc) is 3.10. The molecule has 1 saturated heterocycles. The maximum atomic E-state index is 5.47. The lowest BCUT2D eigenvalue weighted by Gasteiger charge is -2.38. The van der Waals surface area contributed by atoms with Crippen molar-refractivity contribution in [2.75, 3.05) is 50.8 Å². The van der Waals surface area contributed by atoms with E-state index in [1.54, 1.807) is 0 Å². The molecule has 2 heterocycles. The highest BCUT2D eigenvalue weighted by Gasteiger charge is 2.21. The largest absolute Gasteiger partial charge is 0.382 e. The zero-order chi connectivity index (χ0) is 22.2. The van der Waals surface area contributed by atoms with E-state index in [1.165, 1.54) is 16.8 Å². The summed E-state index contributed by atoms with van der Waals surface area (Å²) in [7, 11) is 1.98. The summed E-state index contributed by atoms with van der Waals surface area (Å²) in [5.41, 5.74) is 3.98. The quantitative estimate of drug-likeness (QED) is 0.396. The summed E-state index contributed by atoms with van der Waals surface area (Å²) >= 11 is 0. The number of aromatic nitrogens is 3. The average molecular weight is 428 g/mol. The van der Waals surface area contributed by atoms with Gasteiger partial charge in [0.25, 0.3) is 0 Å². The van der Waals surface area contributed by atoms with E-state index in [0.717, 1.165) is 70.0 Å². The summed E-state index contributed by atoms with van der Waals surface area (Å²) in [6.07, 6.45) is 0.957.